The Kier molecular flexibility index (Phi) is 5.39. The third kappa shape index (κ3) is 6.27. The molecule has 1 atom stereocenters. The van der Waals surface area contributed by atoms with Crippen molar-refractivity contribution < 1.29 is 5.11 Å². The largest absolute Gasteiger partial charge is 0.377 e. The highest BCUT2D eigenvalue weighted by Gasteiger charge is 2.22. The lowest BCUT2D eigenvalue weighted by molar-refractivity contribution is 0.0949. The summed E-state index contributed by atoms with van der Waals surface area (Å²) in [6, 6.07) is 10.2. The summed E-state index contributed by atoms with van der Waals surface area (Å²) in [7, 11) is 0. The van der Waals surface area contributed by atoms with E-state index in [0.29, 0.717) is 12.8 Å². The number of aliphatic hydroxyl groups is 1. The average molecular weight is 256 g/mol. The maximum Gasteiger partial charge on any atom is 0.129 e. The van der Waals surface area contributed by atoms with Crippen LogP contribution < -0.4 is 0 Å². The van der Waals surface area contributed by atoms with Gasteiger partial charge in [-0.3, -0.25) is 0 Å². The highest BCUT2D eigenvalue weighted by Crippen LogP contribution is 2.20. The minimum atomic E-state index is -0.967. The molecule has 0 saturated carbocycles. The highest BCUT2D eigenvalue weighted by atomic mass is 16.3. The molecule has 0 aliphatic heterocycles. The van der Waals surface area contributed by atoms with E-state index >= 15 is 0 Å². The second kappa shape index (κ2) is 6.59. The van der Waals surface area contributed by atoms with Gasteiger partial charge in [0.2, 0.25) is 0 Å². The lowest BCUT2D eigenvalue weighted by atomic mass is 9.89. The third-order valence-electron chi connectivity index (χ3n) is 2.82. The van der Waals surface area contributed by atoms with E-state index in [0.717, 1.165) is 6.42 Å². The minimum Gasteiger partial charge on any atom is -0.377 e. The summed E-state index contributed by atoms with van der Waals surface area (Å²) in [4.78, 5) is 0. The molecule has 0 saturated heterocycles. The van der Waals surface area contributed by atoms with Gasteiger partial charge in [0.15, 0.2) is 0 Å². The Balaban J connectivity index is 2.76. The quantitative estimate of drug-likeness (QED) is 0.624. The van der Waals surface area contributed by atoms with Crippen LogP contribution in [0.2, 0.25) is 0 Å². The topological polar surface area (TPSA) is 20.2 Å². The van der Waals surface area contributed by atoms with Crippen LogP contribution >= 0.6 is 0 Å². The summed E-state index contributed by atoms with van der Waals surface area (Å²) in [5.41, 5.74) is 0.162. The molecule has 0 aliphatic rings. The van der Waals surface area contributed by atoms with E-state index < -0.39 is 5.60 Å². The molecular formula is C18H24O. The first-order valence-electron chi connectivity index (χ1n) is 6.76. The lowest BCUT2D eigenvalue weighted by Gasteiger charge is -2.21. The zero-order valence-corrected chi connectivity index (χ0v) is 12.2. The maximum atomic E-state index is 10.6. The van der Waals surface area contributed by atoms with Crippen molar-refractivity contribution in [2.75, 3.05) is 0 Å². The van der Waals surface area contributed by atoms with Crippen LogP contribution in [0.1, 0.15) is 39.2 Å². The standard InChI is InChI=1S/C18H24O/c1-5-12-18(19,15-14-17(2,3)4)13-11-16-9-7-6-8-10-16/h5-10,19H,1,11-13H2,2-4H3/t18-/m0/s1. The predicted molar refractivity (Wildman–Crippen MR) is 81.8 cm³/mol. The van der Waals surface area contributed by atoms with Crippen molar-refractivity contribution in [2.45, 2.75) is 45.6 Å². The van der Waals surface area contributed by atoms with Crippen LogP contribution in [-0.4, -0.2) is 10.7 Å². The summed E-state index contributed by atoms with van der Waals surface area (Å²) in [6.07, 6.45) is 3.70. The summed E-state index contributed by atoms with van der Waals surface area (Å²) >= 11 is 0. The average Bonchev–Trinajstić information content (AvgIpc) is 2.35. The smallest absolute Gasteiger partial charge is 0.129 e. The van der Waals surface area contributed by atoms with E-state index in [-0.39, 0.29) is 5.41 Å². The van der Waals surface area contributed by atoms with E-state index in [9.17, 15) is 5.11 Å². The van der Waals surface area contributed by atoms with Gasteiger partial charge in [-0.05, 0) is 39.2 Å². The van der Waals surface area contributed by atoms with E-state index in [2.05, 4.69) is 30.6 Å². The van der Waals surface area contributed by atoms with Crippen molar-refractivity contribution in [3.8, 4) is 11.8 Å². The van der Waals surface area contributed by atoms with Gasteiger partial charge in [-0.25, -0.2) is 0 Å². The van der Waals surface area contributed by atoms with Crippen LogP contribution in [0.4, 0.5) is 0 Å². The van der Waals surface area contributed by atoms with E-state index in [1.54, 1.807) is 6.08 Å². The van der Waals surface area contributed by atoms with Crippen molar-refractivity contribution in [3.05, 3.63) is 48.6 Å². The summed E-state index contributed by atoms with van der Waals surface area (Å²) in [6.45, 7) is 9.86. The first-order chi connectivity index (χ1) is 8.85. The third-order valence-corrected chi connectivity index (χ3v) is 2.82. The van der Waals surface area contributed by atoms with Gasteiger partial charge in [-0.15, -0.1) is 6.58 Å². The zero-order valence-electron chi connectivity index (χ0n) is 12.2. The van der Waals surface area contributed by atoms with E-state index in [1.165, 1.54) is 5.56 Å². The van der Waals surface area contributed by atoms with Crippen LogP contribution in [0.5, 0.6) is 0 Å². The summed E-state index contributed by atoms with van der Waals surface area (Å²) in [5.74, 6) is 6.18. The van der Waals surface area contributed by atoms with Crippen LogP contribution in [0, 0.1) is 17.3 Å². The molecule has 0 aromatic heterocycles. The van der Waals surface area contributed by atoms with E-state index in [1.807, 2.05) is 39.0 Å². The second-order valence-electron chi connectivity index (χ2n) is 6.01. The molecule has 0 bridgehead atoms. The molecule has 19 heavy (non-hydrogen) atoms. The predicted octanol–water partition coefficient (Wildman–Crippen LogP) is 3.98. The Labute approximate surface area is 117 Å². The monoisotopic (exact) mass is 256 g/mol. The normalized spacial score (nSPS) is 14.1. The lowest BCUT2D eigenvalue weighted by Crippen LogP contribution is -2.27. The molecule has 0 spiro atoms. The van der Waals surface area contributed by atoms with Crippen LogP contribution in [0.3, 0.4) is 0 Å². The van der Waals surface area contributed by atoms with Crippen LogP contribution in [0.25, 0.3) is 0 Å². The van der Waals surface area contributed by atoms with Crippen molar-refractivity contribution in [3.63, 3.8) is 0 Å². The van der Waals surface area contributed by atoms with Crippen molar-refractivity contribution in [2.24, 2.45) is 5.41 Å². The molecule has 1 rings (SSSR count). The van der Waals surface area contributed by atoms with Crippen molar-refractivity contribution in [1.29, 1.82) is 0 Å². The molecule has 1 N–H and O–H groups in total. The summed E-state index contributed by atoms with van der Waals surface area (Å²) in [5, 5.41) is 10.6. The fourth-order valence-electron chi connectivity index (χ4n) is 1.75. The Bertz CT molecular complexity index is 456. The SMILES string of the molecule is C=CC[C@@](O)(C#CC(C)(C)C)CCc1ccccc1. The van der Waals surface area contributed by atoms with E-state index in [4.69, 9.17) is 0 Å². The van der Waals surface area contributed by atoms with Gasteiger partial charge in [0, 0.05) is 11.8 Å². The Hall–Kier alpha value is -1.52. The Morgan fingerprint density at radius 2 is 1.79 bits per heavy atom. The van der Waals surface area contributed by atoms with Crippen molar-refractivity contribution >= 4 is 0 Å². The fourth-order valence-corrected chi connectivity index (χ4v) is 1.75. The van der Waals surface area contributed by atoms with Gasteiger partial charge in [-0.1, -0.05) is 48.2 Å². The van der Waals surface area contributed by atoms with Gasteiger partial charge in [-0.2, -0.15) is 0 Å². The molecular weight excluding hydrogens is 232 g/mol. The molecule has 1 aromatic carbocycles. The van der Waals surface area contributed by atoms with Crippen LogP contribution in [0.15, 0.2) is 43.0 Å². The van der Waals surface area contributed by atoms with Gasteiger partial charge < -0.3 is 5.11 Å². The number of hydrogen-bond donors (Lipinski definition) is 1. The Morgan fingerprint density at radius 3 is 2.32 bits per heavy atom. The van der Waals surface area contributed by atoms with Gasteiger partial charge in [0.25, 0.3) is 0 Å². The minimum absolute atomic E-state index is 0.0953. The summed E-state index contributed by atoms with van der Waals surface area (Å²) < 4.78 is 0. The fraction of sp³-hybridized carbons (Fsp3) is 0.444. The Morgan fingerprint density at radius 1 is 1.16 bits per heavy atom. The number of hydrogen-bond acceptors (Lipinski definition) is 1. The number of benzene rings is 1. The molecule has 0 amide bonds. The molecule has 1 heteroatoms. The van der Waals surface area contributed by atoms with Gasteiger partial charge in [0.05, 0.1) is 0 Å². The first-order valence-corrected chi connectivity index (χ1v) is 6.76. The molecule has 0 unspecified atom stereocenters. The number of aryl methyl sites for hydroxylation is 1. The molecule has 0 fully saturated rings. The molecule has 0 heterocycles. The van der Waals surface area contributed by atoms with Gasteiger partial charge >= 0.3 is 0 Å². The number of rotatable bonds is 5. The highest BCUT2D eigenvalue weighted by molar-refractivity contribution is 5.21. The van der Waals surface area contributed by atoms with Gasteiger partial charge in [0.1, 0.15) is 5.60 Å². The molecule has 1 aromatic rings. The zero-order chi connectivity index (χ0) is 14.4. The molecule has 0 aliphatic carbocycles. The van der Waals surface area contributed by atoms with Crippen molar-refractivity contribution in [1.82, 2.24) is 0 Å². The first kappa shape index (κ1) is 15.5. The molecule has 1 nitrogen and oxygen atoms in total. The maximum absolute atomic E-state index is 10.6. The second-order valence-corrected chi connectivity index (χ2v) is 6.01. The van der Waals surface area contributed by atoms with Crippen LogP contribution in [-0.2, 0) is 6.42 Å². The molecule has 102 valence electrons. The molecule has 0 radical (unpaired) electrons.